The van der Waals surface area contributed by atoms with Crippen LogP contribution < -0.4 is 0 Å². The molecule has 2 rings (SSSR count). The number of hydrogen-bond donors (Lipinski definition) is 1. The number of nitrogens with zero attached hydrogens (tertiary/aromatic N) is 1. The summed E-state index contributed by atoms with van der Waals surface area (Å²) >= 11 is 0. The Labute approximate surface area is 112 Å². The fraction of sp³-hybridized carbons (Fsp3) is 0.538. The van der Waals surface area contributed by atoms with Crippen molar-refractivity contribution in [1.29, 1.82) is 0 Å². The topological polar surface area (TPSA) is 57.6 Å². The minimum atomic E-state index is -3.68. The summed E-state index contributed by atoms with van der Waals surface area (Å²) < 4.78 is 39.2. The minimum Gasteiger partial charge on any atom is -0.390 e. The summed E-state index contributed by atoms with van der Waals surface area (Å²) in [5.74, 6) is -0.567. The Bertz CT molecular complexity index is 557. The Hall–Kier alpha value is -0.980. The molecule has 4 nitrogen and oxygen atoms in total. The standard InChI is InChI=1S/C13H18FNO3S/c1-13(16)6-3-8-15(9-7-13)19(17,18)12-5-2-4-11(14)10-12/h2,4-5,10,16H,3,6-9H2,1H3. The highest BCUT2D eigenvalue weighted by molar-refractivity contribution is 7.89. The SMILES string of the molecule is CC1(O)CCCN(S(=O)(=O)c2cccc(F)c2)CC1. The first kappa shape index (κ1) is 14.4. The first-order valence-electron chi connectivity index (χ1n) is 6.29. The van der Waals surface area contributed by atoms with E-state index in [4.69, 9.17) is 0 Å². The molecule has 19 heavy (non-hydrogen) atoms. The molecule has 1 aliphatic heterocycles. The number of halogens is 1. The quantitative estimate of drug-likeness (QED) is 0.901. The lowest BCUT2D eigenvalue weighted by Gasteiger charge is -2.22. The van der Waals surface area contributed by atoms with Gasteiger partial charge in [0.05, 0.1) is 10.5 Å². The Morgan fingerprint density at radius 3 is 2.74 bits per heavy atom. The normalized spacial score (nSPS) is 26.1. The average Bonchev–Trinajstić information content (AvgIpc) is 2.50. The Kier molecular flexibility index (Phi) is 3.94. The third-order valence-electron chi connectivity index (χ3n) is 3.46. The molecule has 1 aromatic rings. The van der Waals surface area contributed by atoms with Gasteiger partial charge in [0, 0.05) is 13.1 Å². The first-order valence-corrected chi connectivity index (χ1v) is 7.73. The highest BCUT2D eigenvalue weighted by Gasteiger charge is 2.31. The molecule has 1 atom stereocenters. The van der Waals surface area contributed by atoms with Gasteiger partial charge in [-0.3, -0.25) is 0 Å². The fourth-order valence-electron chi connectivity index (χ4n) is 2.26. The lowest BCUT2D eigenvalue weighted by Crippen LogP contribution is -2.33. The molecule has 0 aromatic heterocycles. The largest absolute Gasteiger partial charge is 0.390 e. The van der Waals surface area contributed by atoms with Gasteiger partial charge in [-0.15, -0.1) is 0 Å². The van der Waals surface area contributed by atoms with E-state index in [1.54, 1.807) is 6.92 Å². The van der Waals surface area contributed by atoms with Gasteiger partial charge in [-0.25, -0.2) is 12.8 Å². The van der Waals surface area contributed by atoms with Crippen molar-refractivity contribution in [2.75, 3.05) is 13.1 Å². The van der Waals surface area contributed by atoms with E-state index in [-0.39, 0.29) is 11.4 Å². The molecule has 6 heteroatoms. The van der Waals surface area contributed by atoms with Crippen LogP contribution in [0.4, 0.5) is 4.39 Å². The summed E-state index contributed by atoms with van der Waals surface area (Å²) in [6.45, 7) is 2.33. The van der Waals surface area contributed by atoms with Gasteiger partial charge in [0.15, 0.2) is 0 Å². The van der Waals surface area contributed by atoms with Crippen LogP contribution in [0.2, 0.25) is 0 Å². The van der Waals surface area contributed by atoms with Gasteiger partial charge in [0.25, 0.3) is 0 Å². The predicted molar refractivity (Wildman–Crippen MR) is 69.6 cm³/mol. The zero-order valence-electron chi connectivity index (χ0n) is 10.8. The van der Waals surface area contributed by atoms with Crippen molar-refractivity contribution in [1.82, 2.24) is 4.31 Å². The van der Waals surface area contributed by atoms with Crippen molar-refractivity contribution in [3.05, 3.63) is 30.1 Å². The number of sulfonamides is 1. The molecular formula is C13H18FNO3S. The molecule has 1 aromatic carbocycles. The molecule has 1 aliphatic rings. The summed E-state index contributed by atoms with van der Waals surface area (Å²) in [4.78, 5) is -0.0333. The second-order valence-corrected chi connectivity index (χ2v) is 7.15. The first-order chi connectivity index (χ1) is 8.81. The van der Waals surface area contributed by atoms with Crippen LogP contribution in [0.15, 0.2) is 29.2 Å². The van der Waals surface area contributed by atoms with Gasteiger partial charge in [0.1, 0.15) is 5.82 Å². The zero-order valence-corrected chi connectivity index (χ0v) is 11.7. The maximum absolute atomic E-state index is 13.1. The van der Waals surface area contributed by atoms with E-state index in [0.717, 1.165) is 6.07 Å². The lowest BCUT2D eigenvalue weighted by atomic mass is 9.98. The van der Waals surface area contributed by atoms with Gasteiger partial charge in [-0.2, -0.15) is 4.31 Å². The maximum atomic E-state index is 13.1. The van der Waals surface area contributed by atoms with E-state index in [1.165, 1.54) is 22.5 Å². The van der Waals surface area contributed by atoms with E-state index in [9.17, 15) is 17.9 Å². The highest BCUT2D eigenvalue weighted by atomic mass is 32.2. The molecule has 1 N–H and O–H groups in total. The fourth-order valence-corrected chi connectivity index (χ4v) is 3.77. The van der Waals surface area contributed by atoms with Crippen molar-refractivity contribution in [2.24, 2.45) is 0 Å². The number of hydrogen-bond acceptors (Lipinski definition) is 3. The lowest BCUT2D eigenvalue weighted by molar-refractivity contribution is 0.0465. The second kappa shape index (κ2) is 5.19. The Balaban J connectivity index is 2.25. The number of aliphatic hydroxyl groups is 1. The van der Waals surface area contributed by atoms with Crippen molar-refractivity contribution in [2.45, 2.75) is 36.7 Å². The molecule has 0 amide bonds. The summed E-state index contributed by atoms with van der Waals surface area (Å²) in [5, 5.41) is 9.97. The Morgan fingerprint density at radius 1 is 1.32 bits per heavy atom. The van der Waals surface area contributed by atoms with E-state index < -0.39 is 21.4 Å². The van der Waals surface area contributed by atoms with Crippen LogP contribution in [0.5, 0.6) is 0 Å². The van der Waals surface area contributed by atoms with Crippen LogP contribution in [-0.4, -0.2) is 36.5 Å². The molecule has 1 heterocycles. The molecule has 1 unspecified atom stereocenters. The predicted octanol–water partition coefficient (Wildman–Crippen LogP) is 1.75. The average molecular weight is 287 g/mol. The number of rotatable bonds is 2. The van der Waals surface area contributed by atoms with Gasteiger partial charge in [-0.05, 0) is 44.4 Å². The van der Waals surface area contributed by atoms with Crippen LogP contribution in [-0.2, 0) is 10.0 Å². The van der Waals surface area contributed by atoms with Gasteiger partial charge < -0.3 is 5.11 Å². The van der Waals surface area contributed by atoms with E-state index in [1.807, 2.05) is 0 Å². The second-order valence-electron chi connectivity index (χ2n) is 5.21. The third-order valence-corrected chi connectivity index (χ3v) is 5.35. The summed E-state index contributed by atoms with van der Waals surface area (Å²) in [6.07, 6.45) is 1.56. The number of benzene rings is 1. The molecule has 0 saturated carbocycles. The zero-order chi connectivity index (χ0) is 14.1. The molecular weight excluding hydrogens is 269 g/mol. The van der Waals surface area contributed by atoms with Crippen LogP contribution >= 0.6 is 0 Å². The highest BCUT2D eigenvalue weighted by Crippen LogP contribution is 2.25. The summed E-state index contributed by atoms with van der Waals surface area (Å²) in [7, 11) is -3.68. The van der Waals surface area contributed by atoms with Gasteiger partial charge >= 0.3 is 0 Å². The maximum Gasteiger partial charge on any atom is 0.243 e. The van der Waals surface area contributed by atoms with Gasteiger partial charge in [-0.1, -0.05) is 6.07 Å². The third kappa shape index (κ3) is 3.32. The minimum absolute atomic E-state index is 0.0333. The molecule has 0 spiro atoms. The van der Waals surface area contributed by atoms with Gasteiger partial charge in [0.2, 0.25) is 10.0 Å². The summed E-state index contributed by atoms with van der Waals surface area (Å²) in [5.41, 5.74) is -0.827. The molecule has 0 bridgehead atoms. The molecule has 1 fully saturated rings. The van der Waals surface area contributed by atoms with Crippen LogP contribution in [0.25, 0.3) is 0 Å². The Morgan fingerprint density at radius 2 is 2.05 bits per heavy atom. The van der Waals surface area contributed by atoms with E-state index >= 15 is 0 Å². The van der Waals surface area contributed by atoms with Crippen molar-refractivity contribution in [3.63, 3.8) is 0 Å². The smallest absolute Gasteiger partial charge is 0.243 e. The molecule has 1 saturated heterocycles. The van der Waals surface area contributed by atoms with Crippen molar-refractivity contribution >= 4 is 10.0 Å². The van der Waals surface area contributed by atoms with E-state index in [0.29, 0.717) is 25.8 Å². The molecule has 0 aliphatic carbocycles. The molecule has 106 valence electrons. The van der Waals surface area contributed by atoms with Crippen LogP contribution in [0, 0.1) is 5.82 Å². The molecule has 0 radical (unpaired) electrons. The van der Waals surface area contributed by atoms with Crippen molar-refractivity contribution in [3.8, 4) is 0 Å². The van der Waals surface area contributed by atoms with Crippen LogP contribution in [0.1, 0.15) is 26.2 Å². The monoisotopic (exact) mass is 287 g/mol. The summed E-state index contributed by atoms with van der Waals surface area (Å²) in [6, 6.07) is 5.02. The van der Waals surface area contributed by atoms with E-state index in [2.05, 4.69) is 0 Å². The van der Waals surface area contributed by atoms with Crippen molar-refractivity contribution < 1.29 is 17.9 Å². The van der Waals surface area contributed by atoms with Crippen LogP contribution in [0.3, 0.4) is 0 Å².